The number of alkyl halides is 3. The van der Waals surface area contributed by atoms with Crippen molar-refractivity contribution in [3.63, 3.8) is 0 Å². The highest BCUT2D eigenvalue weighted by molar-refractivity contribution is 6.16. The van der Waals surface area contributed by atoms with Crippen LogP contribution < -0.4 is 21.7 Å². The van der Waals surface area contributed by atoms with Crippen LogP contribution in [0.25, 0.3) is 0 Å². The third-order valence-corrected chi connectivity index (χ3v) is 5.53. The topological polar surface area (TPSA) is 142 Å². The number of halogens is 3. The predicted octanol–water partition coefficient (Wildman–Crippen LogP) is 3.30. The Kier molecular flexibility index (Phi) is 6.92. The summed E-state index contributed by atoms with van der Waals surface area (Å²) in [4.78, 5) is 24.6. The number of nitrogens with one attached hydrogen (secondary N) is 4. The highest BCUT2D eigenvalue weighted by atomic mass is 19.4. The smallest absolute Gasteiger partial charge is 0.383 e. The number of hydrogen-bond acceptors (Lipinski definition) is 8. The number of carbonyl (C=O) groups excluding carboxylic acids is 1. The van der Waals surface area contributed by atoms with Crippen LogP contribution in [0.1, 0.15) is 39.9 Å². The number of amides is 1. The highest BCUT2D eigenvalue weighted by Crippen LogP contribution is 2.30. The number of nitrogens with zero attached hydrogens (tertiary/aromatic N) is 3. The van der Waals surface area contributed by atoms with Gasteiger partial charge in [0.2, 0.25) is 0 Å². The summed E-state index contributed by atoms with van der Waals surface area (Å²) >= 11 is 0. The second-order valence-corrected chi connectivity index (χ2v) is 8.00. The average Bonchev–Trinajstić information content (AvgIpc) is 2.84. The van der Waals surface area contributed by atoms with Gasteiger partial charge < -0.3 is 21.7 Å². The molecule has 1 amide bonds. The predicted molar refractivity (Wildman–Crippen MR) is 126 cm³/mol. The van der Waals surface area contributed by atoms with Crippen LogP contribution in [0.4, 0.5) is 30.6 Å². The molecule has 0 bridgehead atoms. The van der Waals surface area contributed by atoms with E-state index in [0.717, 1.165) is 44.3 Å². The fourth-order valence-electron chi connectivity index (χ4n) is 3.72. The number of carbonyl (C=O) groups is 1. The zero-order valence-corrected chi connectivity index (χ0v) is 18.5. The Morgan fingerprint density at radius 3 is 2.54 bits per heavy atom. The molecule has 9 nitrogen and oxygen atoms in total. The molecule has 0 aliphatic carbocycles. The van der Waals surface area contributed by atoms with Crippen molar-refractivity contribution in [3.8, 4) is 0 Å². The van der Waals surface area contributed by atoms with Gasteiger partial charge in [-0.1, -0.05) is 12.1 Å². The molecule has 3 aromatic rings. The van der Waals surface area contributed by atoms with Crippen LogP contribution in [0.15, 0.2) is 48.9 Å². The van der Waals surface area contributed by atoms with Gasteiger partial charge in [-0.2, -0.15) is 13.2 Å². The lowest BCUT2D eigenvalue weighted by Gasteiger charge is -2.25. The first-order chi connectivity index (χ1) is 16.7. The van der Waals surface area contributed by atoms with Gasteiger partial charge in [0.25, 0.3) is 5.91 Å². The minimum absolute atomic E-state index is 0.0703. The second kappa shape index (κ2) is 10.1. The molecule has 1 atom stereocenters. The van der Waals surface area contributed by atoms with E-state index in [1.807, 2.05) is 0 Å². The van der Waals surface area contributed by atoms with Crippen molar-refractivity contribution in [2.45, 2.75) is 25.1 Å². The zero-order valence-electron chi connectivity index (χ0n) is 18.5. The monoisotopic (exact) mass is 484 g/mol. The second-order valence-electron chi connectivity index (χ2n) is 8.00. The number of benzene rings is 1. The lowest BCUT2D eigenvalue weighted by Crippen LogP contribution is -2.39. The van der Waals surface area contributed by atoms with Crippen LogP contribution in [0.3, 0.4) is 0 Å². The number of pyridine rings is 1. The summed E-state index contributed by atoms with van der Waals surface area (Å²) < 4.78 is 38.7. The Morgan fingerprint density at radius 2 is 1.86 bits per heavy atom. The van der Waals surface area contributed by atoms with Crippen molar-refractivity contribution in [1.29, 1.82) is 5.41 Å². The summed E-state index contributed by atoms with van der Waals surface area (Å²) in [5.74, 6) is -0.254. The molecule has 0 radical (unpaired) electrons. The van der Waals surface area contributed by atoms with Gasteiger partial charge in [-0.25, -0.2) is 15.0 Å². The molecule has 1 saturated heterocycles. The van der Waals surface area contributed by atoms with Gasteiger partial charge in [0.1, 0.15) is 23.8 Å². The molecule has 3 heterocycles. The van der Waals surface area contributed by atoms with E-state index in [2.05, 4.69) is 30.9 Å². The third kappa shape index (κ3) is 5.72. The Balaban J connectivity index is 1.50. The minimum Gasteiger partial charge on any atom is -0.383 e. The SMILES string of the molecule is N=C(c1ccc(C(=O)Nc2cc(C(F)(F)F)ccn2)cc1)c1c(N)ncnc1N[C@@H]1CCCNC1. The molecule has 12 heteroatoms. The van der Waals surface area contributed by atoms with Crippen molar-refractivity contribution in [3.05, 3.63) is 71.2 Å². The van der Waals surface area contributed by atoms with Crippen LogP contribution in [0.5, 0.6) is 0 Å². The van der Waals surface area contributed by atoms with E-state index >= 15 is 0 Å². The molecule has 4 rings (SSSR count). The molecule has 6 N–H and O–H groups in total. The Labute approximate surface area is 198 Å². The Hall–Kier alpha value is -4.06. The first kappa shape index (κ1) is 24.1. The van der Waals surface area contributed by atoms with Crippen molar-refractivity contribution in [2.24, 2.45) is 0 Å². The van der Waals surface area contributed by atoms with E-state index in [-0.39, 0.29) is 29.0 Å². The molecule has 0 saturated carbocycles. The van der Waals surface area contributed by atoms with Crippen LogP contribution in [0, 0.1) is 5.41 Å². The van der Waals surface area contributed by atoms with Crippen molar-refractivity contribution in [1.82, 2.24) is 20.3 Å². The summed E-state index contributed by atoms with van der Waals surface area (Å²) in [5, 5.41) is 17.7. The first-order valence-corrected chi connectivity index (χ1v) is 10.8. The number of nitrogen functional groups attached to an aromatic ring is 1. The summed E-state index contributed by atoms with van der Waals surface area (Å²) in [6, 6.07) is 7.75. The molecule has 182 valence electrons. The fourth-order valence-corrected chi connectivity index (χ4v) is 3.72. The van der Waals surface area contributed by atoms with Gasteiger partial charge >= 0.3 is 6.18 Å². The number of nitrogens with two attached hydrogens (primary N) is 1. The van der Waals surface area contributed by atoms with E-state index in [4.69, 9.17) is 11.1 Å². The molecule has 1 aromatic carbocycles. The largest absolute Gasteiger partial charge is 0.416 e. The van der Waals surface area contributed by atoms with Gasteiger partial charge in [-0.15, -0.1) is 0 Å². The van der Waals surface area contributed by atoms with Gasteiger partial charge in [0.05, 0.1) is 16.8 Å². The summed E-state index contributed by atoms with van der Waals surface area (Å²) in [7, 11) is 0. The summed E-state index contributed by atoms with van der Waals surface area (Å²) in [6.07, 6.45) is -0.266. The molecular formula is C23H23F3N8O. The molecular weight excluding hydrogens is 461 g/mol. The van der Waals surface area contributed by atoms with E-state index < -0.39 is 17.6 Å². The van der Waals surface area contributed by atoms with E-state index in [9.17, 15) is 18.0 Å². The zero-order chi connectivity index (χ0) is 25.0. The standard InChI is InChI=1S/C23H23F3N8O/c24-23(25,26)15-7-9-30-17(10-15)34-22(35)14-5-3-13(4-6-14)19(27)18-20(28)31-12-32-21(18)33-16-2-1-8-29-11-16/h3-7,9-10,12,16,27,29H,1-2,8,11H2,(H,30,34,35)(H3,28,31,32,33)/t16-/m1/s1. The van der Waals surface area contributed by atoms with Crippen LogP contribution in [-0.4, -0.2) is 45.7 Å². The summed E-state index contributed by atoms with van der Waals surface area (Å²) in [5.41, 5.74) is 6.23. The molecule has 1 aliphatic heterocycles. The maximum Gasteiger partial charge on any atom is 0.416 e. The van der Waals surface area contributed by atoms with Crippen molar-refractivity contribution >= 4 is 29.1 Å². The average molecular weight is 484 g/mol. The minimum atomic E-state index is -4.55. The number of rotatable bonds is 6. The molecule has 1 fully saturated rings. The lowest BCUT2D eigenvalue weighted by molar-refractivity contribution is -0.137. The van der Waals surface area contributed by atoms with Crippen LogP contribution in [-0.2, 0) is 6.18 Å². The maximum atomic E-state index is 12.9. The highest BCUT2D eigenvalue weighted by Gasteiger charge is 2.31. The quantitative estimate of drug-likeness (QED) is 0.338. The molecule has 0 spiro atoms. The van der Waals surface area contributed by atoms with Gasteiger partial charge in [-0.05, 0) is 43.7 Å². The van der Waals surface area contributed by atoms with Crippen molar-refractivity contribution in [2.75, 3.05) is 29.5 Å². The van der Waals surface area contributed by atoms with E-state index in [1.54, 1.807) is 12.1 Å². The Bertz CT molecular complexity index is 1220. The number of piperidine rings is 1. The Morgan fingerprint density at radius 1 is 1.11 bits per heavy atom. The van der Waals surface area contributed by atoms with Crippen LogP contribution in [0.2, 0.25) is 0 Å². The third-order valence-electron chi connectivity index (χ3n) is 5.53. The van der Waals surface area contributed by atoms with Gasteiger partial charge in [0, 0.05) is 29.9 Å². The van der Waals surface area contributed by atoms with Crippen LogP contribution >= 0.6 is 0 Å². The molecule has 0 unspecified atom stereocenters. The van der Waals surface area contributed by atoms with Gasteiger partial charge in [-0.3, -0.25) is 10.2 Å². The number of hydrogen-bond donors (Lipinski definition) is 5. The molecule has 1 aliphatic rings. The molecule has 2 aromatic heterocycles. The normalized spacial score (nSPS) is 15.9. The number of aromatic nitrogens is 3. The summed E-state index contributed by atoms with van der Waals surface area (Å²) in [6.45, 7) is 1.72. The van der Waals surface area contributed by atoms with E-state index in [1.165, 1.54) is 18.5 Å². The fraction of sp³-hybridized carbons (Fsp3) is 0.261. The maximum absolute atomic E-state index is 12.9. The number of anilines is 3. The lowest BCUT2D eigenvalue weighted by atomic mass is 10.0. The van der Waals surface area contributed by atoms with E-state index in [0.29, 0.717) is 16.9 Å². The van der Waals surface area contributed by atoms with Crippen molar-refractivity contribution < 1.29 is 18.0 Å². The first-order valence-electron chi connectivity index (χ1n) is 10.8. The van der Waals surface area contributed by atoms with Gasteiger partial charge in [0.15, 0.2) is 0 Å². The molecule has 35 heavy (non-hydrogen) atoms.